The Labute approximate surface area is 212 Å². The van der Waals surface area contributed by atoms with Gasteiger partial charge in [0.1, 0.15) is 17.2 Å². The van der Waals surface area contributed by atoms with Gasteiger partial charge in [0.05, 0.1) is 53.2 Å². The van der Waals surface area contributed by atoms with Gasteiger partial charge < -0.3 is 26.4 Å². The Balaban J connectivity index is 1.45. The first-order valence-corrected chi connectivity index (χ1v) is 11.1. The van der Waals surface area contributed by atoms with E-state index in [1.165, 1.54) is 18.5 Å². The average Bonchev–Trinajstić information content (AvgIpc) is 3.33. The van der Waals surface area contributed by atoms with E-state index in [0.29, 0.717) is 6.07 Å². The number of hydrogen-bond donors (Lipinski definition) is 4. The number of benzene rings is 1. The smallest absolute Gasteiger partial charge is 0.397 e. The van der Waals surface area contributed by atoms with Crippen LogP contribution in [0.25, 0.3) is 0 Å². The SMILES string of the molecule is Nc1cncc(C(=O)NC2(C(=O)NCc3ncc(Nc4c(F)cccc4C(F)(F)F)cc3F)CCOC2)c1. The molecule has 0 radical (unpaired) electrons. The molecule has 1 fully saturated rings. The first kappa shape index (κ1) is 26.7. The second kappa shape index (κ2) is 10.6. The summed E-state index contributed by atoms with van der Waals surface area (Å²) < 4.78 is 73.8. The quantitative estimate of drug-likeness (QED) is 0.341. The van der Waals surface area contributed by atoms with Gasteiger partial charge in [0.15, 0.2) is 0 Å². The molecule has 1 aliphatic rings. The molecular formula is C24H21F5N6O3. The summed E-state index contributed by atoms with van der Waals surface area (Å²) >= 11 is 0. The number of hydrogen-bond acceptors (Lipinski definition) is 7. The van der Waals surface area contributed by atoms with Crippen LogP contribution in [0.4, 0.5) is 39.0 Å². The number of rotatable bonds is 7. The number of alkyl halides is 3. The van der Waals surface area contributed by atoms with Crippen molar-refractivity contribution in [2.75, 3.05) is 24.3 Å². The number of nitrogen functional groups attached to an aromatic ring is 1. The highest BCUT2D eigenvalue weighted by atomic mass is 19.4. The van der Waals surface area contributed by atoms with E-state index in [4.69, 9.17) is 10.5 Å². The zero-order valence-corrected chi connectivity index (χ0v) is 19.5. The van der Waals surface area contributed by atoms with Gasteiger partial charge in [-0.15, -0.1) is 0 Å². The summed E-state index contributed by atoms with van der Waals surface area (Å²) in [6.45, 7) is -0.356. The van der Waals surface area contributed by atoms with Crippen LogP contribution in [0.2, 0.25) is 0 Å². The lowest BCUT2D eigenvalue weighted by atomic mass is 9.96. The summed E-state index contributed by atoms with van der Waals surface area (Å²) in [5.74, 6) is -3.43. The Morgan fingerprint density at radius 2 is 1.89 bits per heavy atom. The number of anilines is 3. The topological polar surface area (TPSA) is 131 Å². The lowest BCUT2D eigenvalue weighted by Gasteiger charge is -2.27. The molecule has 1 aromatic carbocycles. The van der Waals surface area contributed by atoms with Gasteiger partial charge in [0, 0.05) is 31.5 Å². The lowest BCUT2D eigenvalue weighted by molar-refractivity contribution is -0.137. The minimum atomic E-state index is -4.85. The summed E-state index contributed by atoms with van der Waals surface area (Å²) in [6, 6.07) is 4.63. The number of pyridine rings is 2. The van der Waals surface area contributed by atoms with Crippen molar-refractivity contribution in [3.63, 3.8) is 0 Å². The number of carbonyl (C=O) groups is 2. The normalized spacial score (nSPS) is 17.2. The number of nitrogens with two attached hydrogens (primary N) is 1. The molecule has 5 N–H and O–H groups in total. The van der Waals surface area contributed by atoms with Crippen molar-refractivity contribution in [3.05, 3.63) is 77.4 Å². The Hall–Kier alpha value is -4.33. The van der Waals surface area contributed by atoms with Gasteiger partial charge in [-0.2, -0.15) is 13.2 Å². The van der Waals surface area contributed by atoms with Gasteiger partial charge in [-0.05, 0) is 18.2 Å². The molecule has 1 saturated heterocycles. The highest BCUT2D eigenvalue weighted by molar-refractivity contribution is 5.99. The monoisotopic (exact) mass is 536 g/mol. The van der Waals surface area contributed by atoms with Crippen molar-refractivity contribution in [2.45, 2.75) is 24.7 Å². The third-order valence-electron chi connectivity index (χ3n) is 5.75. The average molecular weight is 536 g/mol. The number of nitrogens with one attached hydrogen (secondary N) is 3. The van der Waals surface area contributed by atoms with E-state index in [-0.39, 0.29) is 42.3 Å². The number of nitrogens with zero attached hydrogens (tertiary/aromatic N) is 2. The van der Waals surface area contributed by atoms with E-state index in [9.17, 15) is 31.5 Å². The van der Waals surface area contributed by atoms with Crippen LogP contribution >= 0.6 is 0 Å². The van der Waals surface area contributed by atoms with Crippen LogP contribution in [-0.4, -0.2) is 40.5 Å². The first-order valence-electron chi connectivity index (χ1n) is 11.1. The van der Waals surface area contributed by atoms with Crippen LogP contribution < -0.4 is 21.7 Å². The molecule has 14 heteroatoms. The number of para-hydroxylation sites is 1. The highest BCUT2D eigenvalue weighted by Gasteiger charge is 2.44. The van der Waals surface area contributed by atoms with Crippen LogP contribution in [0.3, 0.4) is 0 Å². The summed E-state index contributed by atoms with van der Waals surface area (Å²) in [5, 5.41) is 7.32. The molecule has 9 nitrogen and oxygen atoms in total. The predicted octanol–water partition coefficient (Wildman–Crippen LogP) is 3.30. The van der Waals surface area contributed by atoms with E-state index < -0.39 is 53.0 Å². The van der Waals surface area contributed by atoms with Gasteiger partial charge in [0.2, 0.25) is 5.91 Å². The van der Waals surface area contributed by atoms with Crippen molar-refractivity contribution in [1.29, 1.82) is 0 Å². The van der Waals surface area contributed by atoms with Crippen LogP contribution in [0.1, 0.15) is 28.0 Å². The molecular weight excluding hydrogens is 515 g/mol. The van der Waals surface area contributed by atoms with Gasteiger partial charge in [0.25, 0.3) is 5.91 Å². The second-order valence-electron chi connectivity index (χ2n) is 8.47. The predicted molar refractivity (Wildman–Crippen MR) is 125 cm³/mol. The molecule has 0 saturated carbocycles. The largest absolute Gasteiger partial charge is 0.418 e. The maximum absolute atomic E-state index is 14.7. The molecule has 3 aromatic rings. The molecule has 0 aliphatic carbocycles. The highest BCUT2D eigenvalue weighted by Crippen LogP contribution is 2.37. The third-order valence-corrected chi connectivity index (χ3v) is 5.75. The van der Waals surface area contributed by atoms with E-state index in [1.807, 2.05) is 0 Å². The Kier molecular flexibility index (Phi) is 7.44. The molecule has 1 atom stereocenters. The molecule has 0 bridgehead atoms. The fourth-order valence-electron chi connectivity index (χ4n) is 3.80. The number of amides is 2. The van der Waals surface area contributed by atoms with E-state index in [2.05, 4.69) is 25.9 Å². The summed E-state index contributed by atoms with van der Waals surface area (Å²) in [5.41, 5.74) is 1.96. The maximum Gasteiger partial charge on any atom is 0.418 e. The molecule has 200 valence electrons. The zero-order chi connectivity index (χ0) is 27.5. The fraction of sp³-hybridized carbons (Fsp3) is 0.250. The minimum Gasteiger partial charge on any atom is -0.397 e. The maximum atomic E-state index is 14.7. The standard InChI is InChI=1S/C24H21F5N6O3/c25-17-3-1-2-16(24(27,28)29)20(17)34-15-7-18(26)19(32-10-15)11-33-22(37)23(4-5-38-12-23)35-21(36)13-6-14(30)9-31-8-13/h1-3,6-10,34H,4-5,11-12,30H2,(H,33,37)(H,35,36). The summed E-state index contributed by atoms with van der Waals surface area (Å²) in [7, 11) is 0. The summed E-state index contributed by atoms with van der Waals surface area (Å²) in [6.07, 6.45) is -1.07. The van der Waals surface area contributed by atoms with E-state index >= 15 is 0 Å². The third kappa shape index (κ3) is 5.80. The number of aromatic nitrogens is 2. The fourth-order valence-corrected chi connectivity index (χ4v) is 3.80. The van der Waals surface area contributed by atoms with Crippen LogP contribution in [0, 0.1) is 11.6 Å². The van der Waals surface area contributed by atoms with E-state index in [1.54, 1.807) is 0 Å². The van der Waals surface area contributed by atoms with Crippen molar-refractivity contribution < 1.29 is 36.3 Å². The summed E-state index contributed by atoms with van der Waals surface area (Å²) in [4.78, 5) is 33.4. The molecule has 1 unspecified atom stereocenters. The molecule has 38 heavy (non-hydrogen) atoms. The second-order valence-corrected chi connectivity index (χ2v) is 8.47. The lowest BCUT2D eigenvalue weighted by Crippen LogP contribution is -2.59. The van der Waals surface area contributed by atoms with Gasteiger partial charge in [-0.25, -0.2) is 8.78 Å². The van der Waals surface area contributed by atoms with Crippen molar-refractivity contribution in [1.82, 2.24) is 20.6 Å². The van der Waals surface area contributed by atoms with Crippen molar-refractivity contribution >= 4 is 28.9 Å². The van der Waals surface area contributed by atoms with Gasteiger partial charge in [-0.1, -0.05) is 6.07 Å². The first-order chi connectivity index (χ1) is 18.0. The van der Waals surface area contributed by atoms with Crippen molar-refractivity contribution in [2.24, 2.45) is 0 Å². The number of ether oxygens (including phenoxy) is 1. The zero-order valence-electron chi connectivity index (χ0n) is 19.5. The molecule has 4 rings (SSSR count). The van der Waals surface area contributed by atoms with Gasteiger partial charge >= 0.3 is 6.18 Å². The van der Waals surface area contributed by atoms with Crippen molar-refractivity contribution in [3.8, 4) is 0 Å². The minimum absolute atomic E-state index is 0.128. The molecule has 3 heterocycles. The van der Waals surface area contributed by atoms with Gasteiger partial charge in [-0.3, -0.25) is 19.6 Å². The Morgan fingerprint density at radius 3 is 2.55 bits per heavy atom. The van der Waals surface area contributed by atoms with Crippen LogP contribution in [0.15, 0.2) is 48.9 Å². The Bertz CT molecular complexity index is 1360. The Morgan fingerprint density at radius 1 is 1.11 bits per heavy atom. The van der Waals surface area contributed by atoms with Crippen LogP contribution in [0.5, 0.6) is 0 Å². The van der Waals surface area contributed by atoms with Crippen LogP contribution in [-0.2, 0) is 22.3 Å². The molecule has 1 aliphatic heterocycles. The molecule has 0 spiro atoms. The molecule has 2 aromatic heterocycles. The molecule has 2 amide bonds. The van der Waals surface area contributed by atoms with E-state index in [0.717, 1.165) is 24.4 Å². The number of carbonyl (C=O) groups excluding carboxylic acids is 2. The number of halogens is 5.